The van der Waals surface area contributed by atoms with Gasteiger partial charge in [0.2, 0.25) is 0 Å². The van der Waals surface area contributed by atoms with Gasteiger partial charge in [0.1, 0.15) is 0 Å². The van der Waals surface area contributed by atoms with Crippen LogP contribution in [0.2, 0.25) is 15.1 Å². The standard InChI is InChI=1S/C17H9Cl3N2O2S2/c18-10-6-4-9(5-7-10)15(23)21-22-16(24)14(26-17(22)25)8-11-12(19)2-1-3-13(11)20/h1-8H,(H,21,23)/b14-8-. The van der Waals surface area contributed by atoms with E-state index in [1.807, 2.05) is 0 Å². The van der Waals surface area contributed by atoms with Gasteiger partial charge in [-0.3, -0.25) is 15.0 Å². The summed E-state index contributed by atoms with van der Waals surface area (Å²) in [5.74, 6) is -0.937. The van der Waals surface area contributed by atoms with Crippen molar-refractivity contribution < 1.29 is 9.59 Å². The summed E-state index contributed by atoms with van der Waals surface area (Å²) in [6.07, 6.45) is 1.55. The molecule has 1 heterocycles. The number of hydrogen-bond acceptors (Lipinski definition) is 4. The molecule has 2 amide bonds. The molecule has 2 aromatic carbocycles. The molecule has 1 aliphatic heterocycles. The highest BCUT2D eigenvalue weighted by Crippen LogP contribution is 2.35. The second kappa shape index (κ2) is 7.98. The van der Waals surface area contributed by atoms with Crippen molar-refractivity contribution in [3.05, 3.63) is 73.6 Å². The van der Waals surface area contributed by atoms with Crippen molar-refractivity contribution in [2.24, 2.45) is 0 Å². The van der Waals surface area contributed by atoms with Gasteiger partial charge in [-0.15, -0.1) is 0 Å². The molecule has 0 aromatic heterocycles. The summed E-state index contributed by atoms with van der Waals surface area (Å²) >= 11 is 24.3. The molecule has 0 saturated carbocycles. The summed E-state index contributed by atoms with van der Waals surface area (Å²) in [5.41, 5.74) is 3.35. The van der Waals surface area contributed by atoms with Gasteiger partial charge in [-0.25, -0.2) is 0 Å². The average Bonchev–Trinajstić information content (AvgIpc) is 2.86. The minimum absolute atomic E-state index is 0.201. The molecule has 1 saturated heterocycles. The summed E-state index contributed by atoms with van der Waals surface area (Å²) in [6, 6.07) is 11.3. The summed E-state index contributed by atoms with van der Waals surface area (Å²) in [4.78, 5) is 25.2. The van der Waals surface area contributed by atoms with Crippen molar-refractivity contribution in [2.75, 3.05) is 0 Å². The molecule has 1 aliphatic rings. The Bertz CT molecular complexity index is 925. The highest BCUT2D eigenvalue weighted by atomic mass is 35.5. The van der Waals surface area contributed by atoms with E-state index in [4.69, 9.17) is 47.0 Å². The molecule has 2 aromatic rings. The molecule has 9 heteroatoms. The summed E-state index contributed by atoms with van der Waals surface area (Å²) < 4.78 is 0.201. The van der Waals surface area contributed by atoms with E-state index in [-0.39, 0.29) is 4.32 Å². The van der Waals surface area contributed by atoms with Gasteiger partial charge in [-0.1, -0.05) is 52.6 Å². The largest absolute Gasteiger partial charge is 0.285 e. The second-order valence-corrected chi connectivity index (χ2v) is 8.03. The van der Waals surface area contributed by atoms with Crippen LogP contribution in [0.4, 0.5) is 0 Å². The molecule has 0 radical (unpaired) electrons. The predicted molar refractivity (Wildman–Crippen MR) is 110 cm³/mol. The van der Waals surface area contributed by atoms with E-state index in [2.05, 4.69) is 5.43 Å². The molecule has 1 N–H and O–H groups in total. The molecule has 3 rings (SSSR count). The van der Waals surface area contributed by atoms with Gasteiger partial charge in [-0.05, 0) is 54.7 Å². The molecule has 0 atom stereocenters. The molecule has 4 nitrogen and oxygen atoms in total. The lowest BCUT2D eigenvalue weighted by atomic mass is 10.2. The van der Waals surface area contributed by atoms with E-state index >= 15 is 0 Å². The number of carbonyl (C=O) groups excluding carboxylic acids is 2. The zero-order chi connectivity index (χ0) is 18.8. The van der Waals surface area contributed by atoms with E-state index in [1.165, 1.54) is 0 Å². The fraction of sp³-hybridized carbons (Fsp3) is 0. The molecule has 0 unspecified atom stereocenters. The molecule has 0 spiro atoms. The Morgan fingerprint density at radius 3 is 2.31 bits per heavy atom. The Hall–Kier alpha value is -1.57. The number of rotatable bonds is 3. The molecule has 26 heavy (non-hydrogen) atoms. The minimum Gasteiger partial charge on any atom is -0.267 e. The maximum atomic E-state index is 12.6. The van der Waals surface area contributed by atoms with Gasteiger partial charge in [0.15, 0.2) is 4.32 Å². The predicted octanol–water partition coefficient (Wildman–Crippen LogP) is 5.19. The van der Waals surface area contributed by atoms with Crippen molar-refractivity contribution >= 4 is 81.0 Å². The van der Waals surface area contributed by atoms with Crippen LogP contribution >= 0.6 is 58.8 Å². The molecule has 1 fully saturated rings. The van der Waals surface area contributed by atoms with Crippen molar-refractivity contribution in [3.8, 4) is 0 Å². The van der Waals surface area contributed by atoms with Crippen LogP contribution in [0.1, 0.15) is 15.9 Å². The highest BCUT2D eigenvalue weighted by Gasteiger charge is 2.34. The zero-order valence-electron chi connectivity index (χ0n) is 12.8. The summed E-state index contributed by atoms with van der Waals surface area (Å²) in [5, 5.41) is 2.35. The first-order chi connectivity index (χ1) is 12.4. The average molecular weight is 444 g/mol. The van der Waals surface area contributed by atoms with Crippen LogP contribution in [0, 0.1) is 0 Å². The first kappa shape index (κ1) is 19.2. The Kier molecular flexibility index (Phi) is 5.89. The van der Waals surface area contributed by atoms with Crippen LogP contribution in [0.15, 0.2) is 47.4 Å². The van der Waals surface area contributed by atoms with Crippen LogP contribution in [0.5, 0.6) is 0 Å². The van der Waals surface area contributed by atoms with Crippen molar-refractivity contribution in [1.82, 2.24) is 10.4 Å². The third-order valence-electron chi connectivity index (χ3n) is 3.39. The number of hydrazine groups is 1. The third-order valence-corrected chi connectivity index (χ3v) is 5.60. The third kappa shape index (κ3) is 4.05. The first-order valence-corrected chi connectivity index (χ1v) is 9.51. The number of halogens is 3. The van der Waals surface area contributed by atoms with Crippen molar-refractivity contribution in [3.63, 3.8) is 0 Å². The van der Waals surface area contributed by atoms with E-state index in [1.54, 1.807) is 48.5 Å². The molecular formula is C17H9Cl3N2O2S2. The van der Waals surface area contributed by atoms with E-state index in [0.717, 1.165) is 16.8 Å². The van der Waals surface area contributed by atoms with Crippen LogP contribution in [0.25, 0.3) is 6.08 Å². The smallest absolute Gasteiger partial charge is 0.267 e. The lowest BCUT2D eigenvalue weighted by Crippen LogP contribution is -2.44. The van der Waals surface area contributed by atoms with Gasteiger partial charge in [0.05, 0.1) is 4.91 Å². The molecule has 0 bridgehead atoms. The monoisotopic (exact) mass is 442 g/mol. The normalized spacial score (nSPS) is 15.7. The Labute approximate surface area is 174 Å². The van der Waals surface area contributed by atoms with Crippen molar-refractivity contribution in [1.29, 1.82) is 0 Å². The minimum atomic E-state index is -0.477. The molecule has 0 aliphatic carbocycles. The van der Waals surface area contributed by atoms with Crippen LogP contribution in [0.3, 0.4) is 0 Å². The maximum Gasteiger partial charge on any atom is 0.285 e. The Morgan fingerprint density at radius 2 is 1.69 bits per heavy atom. The van der Waals surface area contributed by atoms with Gasteiger partial charge in [-0.2, -0.15) is 5.01 Å². The second-order valence-electron chi connectivity index (χ2n) is 5.10. The van der Waals surface area contributed by atoms with Gasteiger partial charge < -0.3 is 0 Å². The Balaban J connectivity index is 1.82. The number of carbonyl (C=O) groups is 2. The van der Waals surface area contributed by atoms with Crippen molar-refractivity contribution in [2.45, 2.75) is 0 Å². The number of thioether (sulfide) groups is 1. The van der Waals surface area contributed by atoms with Crippen LogP contribution in [-0.4, -0.2) is 21.1 Å². The van der Waals surface area contributed by atoms with E-state index in [9.17, 15) is 9.59 Å². The topological polar surface area (TPSA) is 49.4 Å². The molecule has 132 valence electrons. The van der Waals surface area contributed by atoms with Gasteiger partial charge >= 0.3 is 0 Å². The fourth-order valence-corrected chi connectivity index (χ4v) is 3.90. The quantitative estimate of drug-likeness (QED) is 0.524. The number of nitrogens with one attached hydrogen (secondary N) is 1. The lowest BCUT2D eigenvalue weighted by Gasteiger charge is -2.15. The SMILES string of the molecule is O=C(NN1C(=O)/C(=C/c2c(Cl)cccc2Cl)SC1=S)c1ccc(Cl)cc1. The van der Waals surface area contributed by atoms with Crippen LogP contribution in [-0.2, 0) is 4.79 Å². The maximum absolute atomic E-state index is 12.6. The zero-order valence-corrected chi connectivity index (χ0v) is 16.7. The number of hydrogen-bond donors (Lipinski definition) is 1. The number of thiocarbonyl (C=S) groups is 1. The fourth-order valence-electron chi connectivity index (χ4n) is 2.11. The lowest BCUT2D eigenvalue weighted by molar-refractivity contribution is -0.123. The number of benzene rings is 2. The highest BCUT2D eigenvalue weighted by molar-refractivity contribution is 8.26. The molecular weight excluding hydrogens is 435 g/mol. The van der Waals surface area contributed by atoms with Crippen LogP contribution < -0.4 is 5.43 Å². The van der Waals surface area contributed by atoms with E-state index < -0.39 is 11.8 Å². The summed E-state index contributed by atoms with van der Waals surface area (Å²) in [7, 11) is 0. The number of amides is 2. The summed E-state index contributed by atoms with van der Waals surface area (Å²) in [6.45, 7) is 0. The van der Waals surface area contributed by atoms with Gasteiger partial charge in [0, 0.05) is 26.2 Å². The first-order valence-electron chi connectivity index (χ1n) is 7.15. The Morgan fingerprint density at radius 1 is 1.08 bits per heavy atom. The number of nitrogens with zero attached hydrogens (tertiary/aromatic N) is 1. The van der Waals surface area contributed by atoms with Gasteiger partial charge in [0.25, 0.3) is 11.8 Å². The van der Waals surface area contributed by atoms with E-state index in [0.29, 0.717) is 31.1 Å².